The molecule has 1 amide bonds. The summed E-state index contributed by atoms with van der Waals surface area (Å²) in [6, 6.07) is 7.95. The van der Waals surface area contributed by atoms with Gasteiger partial charge in [0.2, 0.25) is 0 Å². The van der Waals surface area contributed by atoms with E-state index in [1.807, 2.05) is 0 Å². The summed E-state index contributed by atoms with van der Waals surface area (Å²) in [5, 5.41) is 8.02. The van der Waals surface area contributed by atoms with E-state index in [4.69, 9.17) is 4.74 Å². The minimum absolute atomic E-state index is 0.0113. The number of rotatable bonds is 5. The van der Waals surface area contributed by atoms with Gasteiger partial charge in [0.05, 0.1) is 22.9 Å². The van der Waals surface area contributed by atoms with E-state index in [2.05, 4.69) is 16.0 Å². The third-order valence-corrected chi connectivity index (χ3v) is 5.03. The lowest BCUT2D eigenvalue weighted by Crippen LogP contribution is -2.20. The van der Waals surface area contributed by atoms with Gasteiger partial charge in [0.25, 0.3) is 5.91 Å². The summed E-state index contributed by atoms with van der Waals surface area (Å²) in [4.78, 5) is 12.1. The van der Waals surface area contributed by atoms with E-state index in [0.717, 1.165) is 18.9 Å². The van der Waals surface area contributed by atoms with Crippen LogP contribution in [0.3, 0.4) is 0 Å². The molecule has 0 aromatic heterocycles. The van der Waals surface area contributed by atoms with E-state index >= 15 is 0 Å². The van der Waals surface area contributed by atoms with Crippen LogP contribution in [0.2, 0.25) is 0 Å². The van der Waals surface area contributed by atoms with Crippen LogP contribution in [0.25, 0.3) is 5.57 Å². The van der Waals surface area contributed by atoms with Gasteiger partial charge in [-0.2, -0.15) is 13.2 Å². The SMILES string of the molecule is O=C1Nc2cccc(F)c2C1=CNc1ccc(NCC2CCCO2)c(C(F)(F)F)c1. The van der Waals surface area contributed by atoms with Crippen LogP contribution in [-0.4, -0.2) is 25.2 Å². The van der Waals surface area contributed by atoms with Crippen molar-refractivity contribution in [2.24, 2.45) is 0 Å². The summed E-state index contributed by atoms with van der Waals surface area (Å²) >= 11 is 0. The molecule has 4 rings (SSSR count). The zero-order valence-electron chi connectivity index (χ0n) is 15.8. The van der Waals surface area contributed by atoms with Crippen molar-refractivity contribution < 1.29 is 27.1 Å². The normalized spacial score (nSPS) is 19.7. The minimum atomic E-state index is -4.58. The van der Waals surface area contributed by atoms with Crippen molar-refractivity contribution in [2.45, 2.75) is 25.1 Å². The topological polar surface area (TPSA) is 62.4 Å². The largest absolute Gasteiger partial charge is 0.418 e. The quantitative estimate of drug-likeness (QED) is 0.478. The van der Waals surface area contributed by atoms with Crippen molar-refractivity contribution in [3.63, 3.8) is 0 Å². The Balaban J connectivity index is 1.56. The fourth-order valence-corrected chi connectivity index (χ4v) is 3.55. The van der Waals surface area contributed by atoms with Gasteiger partial charge >= 0.3 is 6.18 Å². The molecule has 3 N–H and O–H groups in total. The predicted octanol–water partition coefficient (Wildman–Crippen LogP) is 4.84. The number of carbonyl (C=O) groups excluding carboxylic acids is 1. The van der Waals surface area contributed by atoms with Crippen molar-refractivity contribution >= 4 is 28.5 Å². The predicted molar refractivity (Wildman–Crippen MR) is 106 cm³/mol. The van der Waals surface area contributed by atoms with Crippen LogP contribution in [0.4, 0.5) is 34.6 Å². The summed E-state index contributed by atoms with van der Waals surface area (Å²) < 4.78 is 60.2. The summed E-state index contributed by atoms with van der Waals surface area (Å²) in [6.45, 7) is 0.906. The van der Waals surface area contributed by atoms with E-state index in [1.165, 1.54) is 30.5 Å². The number of fused-ring (bicyclic) bond motifs is 1. The molecular formula is C21H19F4N3O2. The first kappa shape index (κ1) is 20.2. The number of ether oxygens (including phenoxy) is 1. The third kappa shape index (κ3) is 4.11. The second-order valence-corrected chi connectivity index (χ2v) is 7.09. The molecule has 2 aliphatic rings. The Hall–Kier alpha value is -3.07. The van der Waals surface area contributed by atoms with Gasteiger partial charge in [-0.05, 0) is 43.2 Å². The molecule has 0 spiro atoms. The molecule has 0 saturated carbocycles. The van der Waals surface area contributed by atoms with Gasteiger partial charge < -0.3 is 20.7 Å². The fraction of sp³-hybridized carbons (Fsp3) is 0.286. The molecule has 0 aliphatic carbocycles. The average Bonchev–Trinajstić information content (AvgIpc) is 3.32. The van der Waals surface area contributed by atoms with E-state index in [0.29, 0.717) is 12.3 Å². The Kier molecular flexibility index (Phi) is 5.38. The van der Waals surface area contributed by atoms with Crippen LogP contribution in [0.5, 0.6) is 0 Å². The zero-order chi connectivity index (χ0) is 21.3. The number of anilines is 3. The van der Waals surface area contributed by atoms with Crippen molar-refractivity contribution in [3.05, 3.63) is 59.5 Å². The summed E-state index contributed by atoms with van der Waals surface area (Å²) in [5.74, 6) is -1.13. The summed E-state index contributed by atoms with van der Waals surface area (Å²) in [6.07, 6.45) is -1.77. The van der Waals surface area contributed by atoms with E-state index in [-0.39, 0.29) is 35.2 Å². The van der Waals surface area contributed by atoms with Crippen LogP contribution < -0.4 is 16.0 Å². The molecule has 2 heterocycles. The lowest BCUT2D eigenvalue weighted by atomic mass is 10.1. The number of halogens is 4. The molecule has 1 saturated heterocycles. The molecule has 9 heteroatoms. The summed E-state index contributed by atoms with van der Waals surface area (Å²) in [7, 11) is 0. The molecule has 1 atom stereocenters. The van der Waals surface area contributed by atoms with Gasteiger partial charge in [-0.25, -0.2) is 4.39 Å². The molecule has 5 nitrogen and oxygen atoms in total. The molecule has 0 radical (unpaired) electrons. The Morgan fingerprint density at radius 1 is 1.23 bits per heavy atom. The number of amides is 1. The monoisotopic (exact) mass is 421 g/mol. The lowest BCUT2D eigenvalue weighted by molar-refractivity contribution is -0.137. The highest BCUT2D eigenvalue weighted by Crippen LogP contribution is 2.37. The zero-order valence-corrected chi connectivity index (χ0v) is 15.8. The number of carbonyl (C=O) groups is 1. The van der Waals surface area contributed by atoms with Gasteiger partial charge in [-0.3, -0.25) is 4.79 Å². The first-order valence-electron chi connectivity index (χ1n) is 9.46. The smallest absolute Gasteiger partial charge is 0.382 e. The molecule has 1 unspecified atom stereocenters. The maximum Gasteiger partial charge on any atom is 0.418 e. The Labute approximate surface area is 170 Å². The molecule has 2 aliphatic heterocycles. The molecule has 158 valence electrons. The second kappa shape index (κ2) is 7.98. The molecule has 1 fully saturated rings. The fourth-order valence-electron chi connectivity index (χ4n) is 3.55. The molecule has 2 aromatic rings. The highest BCUT2D eigenvalue weighted by molar-refractivity contribution is 6.31. The Morgan fingerprint density at radius 3 is 2.80 bits per heavy atom. The van der Waals surface area contributed by atoms with Crippen molar-refractivity contribution in [1.82, 2.24) is 0 Å². The van der Waals surface area contributed by atoms with Crippen LogP contribution in [0.1, 0.15) is 24.0 Å². The average molecular weight is 421 g/mol. The number of hydrogen-bond donors (Lipinski definition) is 3. The number of benzene rings is 2. The van der Waals surface area contributed by atoms with Crippen LogP contribution in [0, 0.1) is 5.82 Å². The second-order valence-electron chi connectivity index (χ2n) is 7.09. The van der Waals surface area contributed by atoms with Crippen molar-refractivity contribution in [1.29, 1.82) is 0 Å². The maximum atomic E-state index is 14.1. The Bertz CT molecular complexity index is 998. The standard InChI is InChI=1S/C21H19F4N3O2/c22-16-4-1-5-18-19(16)14(20(29)28-18)11-26-12-6-7-17(15(9-12)21(23,24)25)27-10-13-3-2-8-30-13/h1,4-7,9,11,13,26-27H,2-3,8,10H2,(H,28,29). The van der Waals surface area contributed by atoms with Crippen molar-refractivity contribution in [2.75, 3.05) is 29.1 Å². The minimum Gasteiger partial charge on any atom is -0.382 e. The van der Waals surface area contributed by atoms with Crippen LogP contribution in [0.15, 0.2) is 42.6 Å². The Morgan fingerprint density at radius 2 is 2.07 bits per heavy atom. The molecule has 2 aromatic carbocycles. The first-order chi connectivity index (χ1) is 14.3. The van der Waals surface area contributed by atoms with E-state index < -0.39 is 23.5 Å². The first-order valence-corrected chi connectivity index (χ1v) is 9.46. The van der Waals surface area contributed by atoms with Crippen LogP contribution in [-0.2, 0) is 15.7 Å². The van der Waals surface area contributed by atoms with E-state index in [1.54, 1.807) is 6.07 Å². The van der Waals surface area contributed by atoms with Gasteiger partial charge in [-0.1, -0.05) is 6.07 Å². The number of nitrogens with one attached hydrogen (secondary N) is 3. The molecular weight excluding hydrogens is 402 g/mol. The van der Waals surface area contributed by atoms with Gasteiger partial charge in [-0.15, -0.1) is 0 Å². The number of alkyl halides is 3. The number of hydrogen-bond acceptors (Lipinski definition) is 4. The molecule has 0 bridgehead atoms. The van der Waals surface area contributed by atoms with Crippen LogP contribution >= 0.6 is 0 Å². The van der Waals surface area contributed by atoms with Gasteiger partial charge in [0, 0.05) is 36.3 Å². The lowest BCUT2D eigenvalue weighted by Gasteiger charge is -2.18. The maximum absolute atomic E-state index is 14.1. The van der Waals surface area contributed by atoms with E-state index in [9.17, 15) is 22.4 Å². The van der Waals surface area contributed by atoms with Gasteiger partial charge in [0.1, 0.15) is 5.82 Å². The van der Waals surface area contributed by atoms with Gasteiger partial charge in [0.15, 0.2) is 0 Å². The third-order valence-electron chi connectivity index (χ3n) is 5.03. The summed E-state index contributed by atoms with van der Waals surface area (Å²) in [5.41, 5.74) is -0.358. The highest BCUT2D eigenvalue weighted by atomic mass is 19.4. The molecule has 30 heavy (non-hydrogen) atoms. The van der Waals surface area contributed by atoms with Crippen molar-refractivity contribution in [3.8, 4) is 0 Å². The highest BCUT2D eigenvalue weighted by Gasteiger charge is 2.34.